The quantitative estimate of drug-likeness (QED) is 0.720. The molecule has 21 heavy (non-hydrogen) atoms. The topological polar surface area (TPSA) is 63.7 Å². The van der Waals surface area contributed by atoms with E-state index in [-0.39, 0.29) is 16.0 Å². The fourth-order valence-corrected chi connectivity index (χ4v) is 5.03. The van der Waals surface area contributed by atoms with Crippen LogP contribution in [0.15, 0.2) is 16.3 Å². The van der Waals surface area contributed by atoms with Gasteiger partial charge in [-0.15, -0.1) is 11.3 Å². The van der Waals surface area contributed by atoms with Crippen molar-refractivity contribution < 1.29 is 17.9 Å². The minimum absolute atomic E-state index is 0.184. The first-order chi connectivity index (χ1) is 9.68. The molecule has 0 spiro atoms. The normalized spacial score (nSPS) is 12.4. The SMILES string of the molecule is COC(=O)c1ccc(S(=O)(=O)N(CC(C)C)CC(C)C)s1. The molecule has 0 aliphatic rings. The Kier molecular flexibility index (Phi) is 6.37. The van der Waals surface area contributed by atoms with E-state index < -0.39 is 16.0 Å². The number of rotatable bonds is 7. The number of thiophene rings is 1. The van der Waals surface area contributed by atoms with Crippen LogP contribution in [0.4, 0.5) is 0 Å². The lowest BCUT2D eigenvalue weighted by molar-refractivity contribution is 0.0606. The summed E-state index contributed by atoms with van der Waals surface area (Å²) in [4.78, 5) is 11.8. The van der Waals surface area contributed by atoms with Gasteiger partial charge in [0.15, 0.2) is 0 Å². The Morgan fingerprint density at radius 2 is 1.71 bits per heavy atom. The van der Waals surface area contributed by atoms with Crippen molar-refractivity contribution in [1.29, 1.82) is 0 Å². The van der Waals surface area contributed by atoms with Crippen molar-refractivity contribution in [2.24, 2.45) is 11.8 Å². The van der Waals surface area contributed by atoms with Crippen molar-refractivity contribution in [3.8, 4) is 0 Å². The zero-order valence-electron chi connectivity index (χ0n) is 13.1. The maximum absolute atomic E-state index is 12.7. The molecule has 0 amide bonds. The number of hydrogen-bond donors (Lipinski definition) is 0. The Labute approximate surface area is 131 Å². The lowest BCUT2D eigenvalue weighted by atomic mass is 10.2. The molecule has 1 heterocycles. The van der Waals surface area contributed by atoms with Crippen LogP contribution in [0.3, 0.4) is 0 Å². The number of carbonyl (C=O) groups excluding carboxylic acids is 1. The highest BCUT2D eigenvalue weighted by atomic mass is 32.2. The van der Waals surface area contributed by atoms with E-state index in [4.69, 9.17) is 0 Å². The lowest BCUT2D eigenvalue weighted by Crippen LogP contribution is -2.36. The summed E-state index contributed by atoms with van der Waals surface area (Å²) in [5.41, 5.74) is 0. The number of carbonyl (C=O) groups is 1. The molecule has 5 nitrogen and oxygen atoms in total. The Bertz CT molecular complexity index is 566. The molecule has 0 saturated carbocycles. The molecule has 0 saturated heterocycles. The van der Waals surface area contributed by atoms with E-state index >= 15 is 0 Å². The van der Waals surface area contributed by atoms with Gasteiger partial charge >= 0.3 is 5.97 Å². The van der Waals surface area contributed by atoms with Crippen LogP contribution >= 0.6 is 11.3 Å². The Morgan fingerprint density at radius 3 is 2.14 bits per heavy atom. The molecule has 0 unspecified atom stereocenters. The molecule has 0 radical (unpaired) electrons. The number of hydrogen-bond acceptors (Lipinski definition) is 5. The van der Waals surface area contributed by atoms with Gasteiger partial charge in [-0.2, -0.15) is 4.31 Å². The third kappa shape index (κ3) is 4.79. The molecule has 0 fully saturated rings. The average Bonchev–Trinajstić information content (AvgIpc) is 2.86. The minimum atomic E-state index is -3.57. The summed E-state index contributed by atoms with van der Waals surface area (Å²) in [6, 6.07) is 2.96. The number of nitrogens with zero attached hydrogens (tertiary/aromatic N) is 1. The van der Waals surface area contributed by atoms with Gasteiger partial charge in [-0.05, 0) is 24.0 Å². The minimum Gasteiger partial charge on any atom is -0.465 e. The number of sulfonamides is 1. The summed E-state index contributed by atoms with van der Waals surface area (Å²) in [5, 5.41) is 0. The molecule has 7 heteroatoms. The van der Waals surface area contributed by atoms with Crippen molar-refractivity contribution in [2.75, 3.05) is 20.2 Å². The molecule has 0 N–H and O–H groups in total. The van der Waals surface area contributed by atoms with E-state index in [9.17, 15) is 13.2 Å². The van der Waals surface area contributed by atoms with Crippen LogP contribution in [0, 0.1) is 11.8 Å². The van der Waals surface area contributed by atoms with Crippen molar-refractivity contribution in [3.05, 3.63) is 17.0 Å². The van der Waals surface area contributed by atoms with Gasteiger partial charge in [0.1, 0.15) is 9.09 Å². The van der Waals surface area contributed by atoms with Crippen LogP contribution in [-0.4, -0.2) is 38.9 Å². The van der Waals surface area contributed by atoms with Gasteiger partial charge in [0.2, 0.25) is 0 Å². The second-order valence-electron chi connectivity index (χ2n) is 5.72. The monoisotopic (exact) mass is 333 g/mol. The third-order valence-corrected chi connectivity index (χ3v) is 6.06. The maximum Gasteiger partial charge on any atom is 0.348 e. The van der Waals surface area contributed by atoms with Crippen LogP contribution in [0.5, 0.6) is 0 Å². The zero-order valence-corrected chi connectivity index (χ0v) is 14.8. The van der Waals surface area contributed by atoms with E-state index in [1.165, 1.54) is 23.5 Å². The van der Waals surface area contributed by atoms with Gasteiger partial charge in [-0.3, -0.25) is 0 Å². The van der Waals surface area contributed by atoms with Crippen molar-refractivity contribution >= 4 is 27.3 Å². The number of ether oxygens (including phenoxy) is 1. The van der Waals surface area contributed by atoms with Crippen molar-refractivity contribution in [2.45, 2.75) is 31.9 Å². The van der Waals surface area contributed by atoms with Gasteiger partial charge < -0.3 is 4.74 Å². The van der Waals surface area contributed by atoms with Gasteiger partial charge in [-0.1, -0.05) is 27.7 Å². The van der Waals surface area contributed by atoms with E-state index in [1.54, 1.807) is 0 Å². The fourth-order valence-electron chi connectivity index (χ4n) is 1.88. The molecule has 1 aromatic heterocycles. The smallest absolute Gasteiger partial charge is 0.348 e. The highest BCUT2D eigenvalue weighted by Gasteiger charge is 2.28. The highest BCUT2D eigenvalue weighted by Crippen LogP contribution is 2.26. The highest BCUT2D eigenvalue weighted by molar-refractivity contribution is 7.91. The van der Waals surface area contributed by atoms with E-state index in [2.05, 4.69) is 4.74 Å². The van der Waals surface area contributed by atoms with Crippen LogP contribution in [0.1, 0.15) is 37.4 Å². The van der Waals surface area contributed by atoms with Crippen LogP contribution < -0.4 is 0 Å². The molecule has 120 valence electrons. The van der Waals surface area contributed by atoms with Crippen LogP contribution in [0.2, 0.25) is 0 Å². The molecule has 0 aromatic carbocycles. The summed E-state index contributed by atoms with van der Waals surface area (Å²) < 4.78 is 31.7. The molecule has 1 aromatic rings. The summed E-state index contributed by atoms with van der Waals surface area (Å²) >= 11 is 0.951. The Morgan fingerprint density at radius 1 is 1.19 bits per heavy atom. The van der Waals surface area contributed by atoms with Gasteiger partial charge in [-0.25, -0.2) is 13.2 Å². The molecule has 0 aliphatic heterocycles. The van der Waals surface area contributed by atoms with E-state index in [1.807, 2.05) is 27.7 Å². The molecule has 0 bridgehead atoms. The van der Waals surface area contributed by atoms with Crippen LogP contribution in [-0.2, 0) is 14.8 Å². The maximum atomic E-state index is 12.7. The van der Waals surface area contributed by atoms with Gasteiger partial charge in [0.25, 0.3) is 10.0 Å². The lowest BCUT2D eigenvalue weighted by Gasteiger charge is -2.24. The summed E-state index contributed by atoms with van der Waals surface area (Å²) in [5.74, 6) is -0.0437. The number of esters is 1. The molecule has 0 atom stereocenters. The Balaban J connectivity index is 3.10. The zero-order chi connectivity index (χ0) is 16.2. The first-order valence-corrected chi connectivity index (χ1v) is 9.12. The van der Waals surface area contributed by atoms with Gasteiger partial charge in [0.05, 0.1) is 7.11 Å². The summed E-state index contributed by atoms with van der Waals surface area (Å²) in [6.07, 6.45) is 0. The summed E-state index contributed by atoms with van der Waals surface area (Å²) in [6.45, 7) is 8.86. The molecule has 1 rings (SSSR count). The predicted octanol–water partition coefficient (Wildman–Crippen LogP) is 2.84. The predicted molar refractivity (Wildman–Crippen MR) is 84.1 cm³/mol. The largest absolute Gasteiger partial charge is 0.465 e. The average molecular weight is 333 g/mol. The third-order valence-electron chi connectivity index (χ3n) is 2.70. The second-order valence-corrected chi connectivity index (χ2v) is 8.97. The molecular weight excluding hydrogens is 310 g/mol. The molecule has 0 aliphatic carbocycles. The number of methoxy groups -OCH3 is 1. The van der Waals surface area contributed by atoms with Crippen LogP contribution in [0.25, 0.3) is 0 Å². The second kappa shape index (κ2) is 7.38. The van der Waals surface area contributed by atoms with Gasteiger partial charge in [0, 0.05) is 13.1 Å². The molecular formula is C14H23NO4S2. The first-order valence-electron chi connectivity index (χ1n) is 6.86. The van der Waals surface area contributed by atoms with Crippen molar-refractivity contribution in [3.63, 3.8) is 0 Å². The first kappa shape index (κ1) is 18.1. The van der Waals surface area contributed by atoms with E-state index in [0.717, 1.165) is 11.3 Å². The Hall–Kier alpha value is -0.920. The summed E-state index contributed by atoms with van der Waals surface area (Å²) in [7, 11) is -2.29. The standard InChI is InChI=1S/C14H23NO4S2/c1-10(2)8-15(9-11(3)4)21(17,18)13-7-6-12(20-13)14(16)19-5/h6-7,10-11H,8-9H2,1-5H3. The fraction of sp³-hybridized carbons (Fsp3) is 0.643. The van der Waals surface area contributed by atoms with Crippen molar-refractivity contribution in [1.82, 2.24) is 4.31 Å². The van der Waals surface area contributed by atoms with E-state index in [0.29, 0.717) is 18.0 Å².